The Morgan fingerprint density at radius 3 is 2.82 bits per heavy atom. The molecule has 1 aliphatic carbocycles. The zero-order valence-corrected chi connectivity index (χ0v) is 18.9. The second-order valence-electron chi connectivity index (χ2n) is 8.84. The maximum absolute atomic E-state index is 15.0. The second-order valence-corrected chi connectivity index (χ2v) is 8.84. The minimum absolute atomic E-state index is 0.0406. The van der Waals surface area contributed by atoms with Gasteiger partial charge in [-0.05, 0) is 68.7 Å². The van der Waals surface area contributed by atoms with Crippen LogP contribution in [0.3, 0.4) is 0 Å². The maximum Gasteiger partial charge on any atom is 0.252 e. The Balaban J connectivity index is 1.28. The second kappa shape index (κ2) is 7.79. The van der Waals surface area contributed by atoms with E-state index in [0.717, 1.165) is 29.8 Å². The summed E-state index contributed by atoms with van der Waals surface area (Å²) in [7, 11) is 0. The van der Waals surface area contributed by atoms with E-state index in [9.17, 15) is 4.79 Å². The first-order valence-electron chi connectivity index (χ1n) is 11.5. The van der Waals surface area contributed by atoms with Crippen molar-refractivity contribution in [2.24, 2.45) is 0 Å². The Hall–Kier alpha value is -4.01. The highest BCUT2D eigenvalue weighted by molar-refractivity contribution is 5.99. The van der Waals surface area contributed by atoms with Gasteiger partial charge in [0.05, 0.1) is 23.8 Å². The van der Waals surface area contributed by atoms with Crippen LogP contribution < -0.4 is 10.6 Å². The largest absolute Gasteiger partial charge is 0.345 e. The minimum Gasteiger partial charge on any atom is -0.345 e. The highest BCUT2D eigenvalue weighted by Gasteiger charge is 2.27. The molecule has 4 aromatic rings. The fourth-order valence-corrected chi connectivity index (χ4v) is 4.38. The summed E-state index contributed by atoms with van der Waals surface area (Å²) in [5.74, 6) is 1.09. The van der Waals surface area contributed by atoms with Crippen molar-refractivity contribution >= 4 is 17.5 Å². The lowest BCUT2D eigenvalue weighted by molar-refractivity contribution is 0.0958. The normalized spacial score (nSPS) is 17.0. The van der Waals surface area contributed by atoms with Crippen LogP contribution in [0.2, 0.25) is 0 Å². The Labute approximate surface area is 195 Å². The quantitative estimate of drug-likeness (QED) is 0.438. The Kier molecular flexibility index (Phi) is 4.72. The number of aryl methyl sites for hydroxylation is 1. The molecule has 2 aromatic heterocycles. The van der Waals surface area contributed by atoms with Crippen molar-refractivity contribution in [3.05, 3.63) is 71.6 Å². The Morgan fingerprint density at radius 1 is 1.21 bits per heavy atom. The smallest absolute Gasteiger partial charge is 0.252 e. The van der Waals surface area contributed by atoms with Gasteiger partial charge in [0, 0.05) is 35.5 Å². The molecular formula is C25H24FN7O. The van der Waals surface area contributed by atoms with E-state index < -0.39 is 0 Å². The molecule has 0 saturated heterocycles. The number of nitrogens with zero attached hydrogens (tertiary/aromatic N) is 5. The number of hydrogen-bond donors (Lipinski definition) is 2. The summed E-state index contributed by atoms with van der Waals surface area (Å²) in [6.07, 6.45) is 5.88. The molecule has 0 radical (unpaired) electrons. The van der Waals surface area contributed by atoms with Crippen molar-refractivity contribution < 1.29 is 9.18 Å². The number of imidazole rings is 1. The molecule has 0 spiro atoms. The van der Waals surface area contributed by atoms with Crippen molar-refractivity contribution in [2.75, 3.05) is 5.32 Å². The number of anilines is 2. The van der Waals surface area contributed by atoms with Crippen LogP contribution >= 0.6 is 0 Å². The van der Waals surface area contributed by atoms with Crippen LogP contribution in [-0.2, 0) is 6.54 Å². The molecular weight excluding hydrogens is 433 g/mol. The highest BCUT2D eigenvalue weighted by Crippen LogP contribution is 2.39. The number of aromatic nitrogens is 5. The topological polar surface area (TPSA) is 89.7 Å². The van der Waals surface area contributed by atoms with Crippen molar-refractivity contribution in [1.29, 1.82) is 0 Å². The predicted octanol–water partition coefficient (Wildman–Crippen LogP) is 4.72. The summed E-state index contributed by atoms with van der Waals surface area (Å²) in [5, 5.41) is 10.8. The third-order valence-electron chi connectivity index (χ3n) is 6.42. The lowest BCUT2D eigenvalue weighted by Crippen LogP contribution is -2.16. The van der Waals surface area contributed by atoms with Crippen molar-refractivity contribution in [2.45, 2.75) is 45.2 Å². The number of carbonyl (C=O) groups is 1. The molecule has 2 N–H and O–H groups in total. The molecule has 172 valence electrons. The number of carbonyl (C=O) groups excluding carboxylic acids is 1. The Bertz CT molecular complexity index is 1420. The average molecular weight is 458 g/mol. The van der Waals surface area contributed by atoms with Crippen LogP contribution in [0.1, 0.15) is 60.3 Å². The maximum atomic E-state index is 15.0. The zero-order valence-electron chi connectivity index (χ0n) is 18.9. The number of amides is 1. The van der Waals surface area contributed by atoms with Gasteiger partial charge >= 0.3 is 0 Å². The van der Waals surface area contributed by atoms with Crippen LogP contribution in [0.15, 0.2) is 48.9 Å². The molecule has 2 aliphatic rings. The summed E-state index contributed by atoms with van der Waals surface area (Å²) >= 11 is 0. The molecule has 1 unspecified atom stereocenters. The average Bonchev–Trinajstić information content (AvgIpc) is 3.31. The van der Waals surface area contributed by atoms with Crippen molar-refractivity contribution in [1.82, 2.24) is 29.6 Å². The van der Waals surface area contributed by atoms with Crippen molar-refractivity contribution in [3.8, 4) is 17.1 Å². The first-order valence-corrected chi connectivity index (χ1v) is 11.5. The summed E-state index contributed by atoms with van der Waals surface area (Å²) < 4.78 is 18.5. The molecule has 34 heavy (non-hydrogen) atoms. The van der Waals surface area contributed by atoms with Crippen LogP contribution in [-0.4, -0.2) is 30.2 Å². The fourth-order valence-electron chi connectivity index (χ4n) is 4.38. The van der Waals surface area contributed by atoms with Gasteiger partial charge < -0.3 is 15.2 Å². The third kappa shape index (κ3) is 3.53. The van der Waals surface area contributed by atoms with Gasteiger partial charge in [-0.15, -0.1) is 5.10 Å². The molecule has 1 fully saturated rings. The van der Waals surface area contributed by atoms with Gasteiger partial charge in [0.2, 0.25) is 5.95 Å². The molecule has 1 amide bonds. The molecule has 3 heterocycles. The van der Waals surface area contributed by atoms with Crippen LogP contribution in [0, 0.1) is 5.82 Å². The van der Waals surface area contributed by atoms with Crippen LogP contribution in [0.25, 0.3) is 17.1 Å². The van der Waals surface area contributed by atoms with Gasteiger partial charge in [0.15, 0.2) is 5.82 Å². The first kappa shape index (κ1) is 20.6. The predicted molar refractivity (Wildman–Crippen MR) is 126 cm³/mol. The number of rotatable bonds is 6. The van der Waals surface area contributed by atoms with Crippen molar-refractivity contribution in [3.63, 3.8) is 0 Å². The third-order valence-corrected chi connectivity index (χ3v) is 6.42. The van der Waals surface area contributed by atoms with Gasteiger partial charge in [-0.25, -0.2) is 14.1 Å². The van der Waals surface area contributed by atoms with E-state index in [1.807, 2.05) is 44.3 Å². The lowest BCUT2D eigenvalue weighted by atomic mass is 10.1. The lowest BCUT2D eigenvalue weighted by Gasteiger charge is -2.09. The molecule has 6 rings (SSSR count). The Morgan fingerprint density at radius 2 is 2.06 bits per heavy atom. The van der Waals surface area contributed by atoms with E-state index in [4.69, 9.17) is 0 Å². The monoisotopic (exact) mass is 457 g/mol. The van der Waals surface area contributed by atoms with E-state index in [1.165, 1.54) is 6.07 Å². The zero-order chi connectivity index (χ0) is 23.4. The molecule has 9 heteroatoms. The van der Waals surface area contributed by atoms with Crippen LogP contribution in [0.5, 0.6) is 0 Å². The fraction of sp³-hybridized carbons (Fsp3) is 0.280. The van der Waals surface area contributed by atoms with Crippen LogP contribution in [0.4, 0.5) is 16.0 Å². The summed E-state index contributed by atoms with van der Waals surface area (Å²) in [6.45, 7) is 4.52. The van der Waals surface area contributed by atoms with Gasteiger partial charge in [-0.1, -0.05) is 0 Å². The van der Waals surface area contributed by atoms with Gasteiger partial charge in [0.1, 0.15) is 5.82 Å². The first-order chi connectivity index (χ1) is 16.5. The van der Waals surface area contributed by atoms with E-state index in [-0.39, 0.29) is 17.8 Å². The summed E-state index contributed by atoms with van der Waals surface area (Å²) in [6, 6.07) is 10.6. The minimum atomic E-state index is -0.357. The molecule has 2 aromatic carbocycles. The molecule has 0 bridgehead atoms. The van der Waals surface area contributed by atoms with Gasteiger partial charge in [-0.3, -0.25) is 4.79 Å². The van der Waals surface area contributed by atoms with E-state index in [1.54, 1.807) is 21.6 Å². The standard InChI is InChI=1S/C25H24FN7O/c1-3-33-25(29-17-7-8-18-19(11-17)14(2)28-24(18)34)30-23(31-33)16-6-9-22(20(26)10-16)32-12-21(27-13-32)15-4-5-15/h6-15H,3-5H2,1-2H3,(H,28,34)(H,29,30,31). The summed E-state index contributed by atoms with van der Waals surface area (Å²) in [4.78, 5) is 21.0. The number of halogens is 1. The SMILES string of the molecule is CCn1nc(-c2ccc(-n3cnc(C4CC4)c3)c(F)c2)nc1Nc1ccc2c(c1)C(C)NC2=O. The molecule has 1 aliphatic heterocycles. The number of hydrogen-bond acceptors (Lipinski definition) is 5. The molecule has 8 nitrogen and oxygen atoms in total. The van der Waals surface area contributed by atoms with E-state index >= 15 is 4.39 Å². The number of fused-ring (bicyclic) bond motifs is 1. The van der Waals surface area contributed by atoms with Gasteiger partial charge in [-0.2, -0.15) is 4.98 Å². The number of nitrogens with one attached hydrogen (secondary N) is 2. The molecule has 1 atom stereocenters. The van der Waals surface area contributed by atoms with E-state index in [0.29, 0.717) is 41.0 Å². The molecule has 1 saturated carbocycles. The highest BCUT2D eigenvalue weighted by atomic mass is 19.1. The summed E-state index contributed by atoms with van der Waals surface area (Å²) in [5.41, 5.74) is 4.50. The van der Waals surface area contributed by atoms with E-state index in [2.05, 4.69) is 25.7 Å². The number of benzene rings is 2. The van der Waals surface area contributed by atoms with Gasteiger partial charge in [0.25, 0.3) is 5.91 Å².